The molecule has 0 aromatic heterocycles. The lowest BCUT2D eigenvalue weighted by molar-refractivity contribution is -0.138. The van der Waals surface area contributed by atoms with Gasteiger partial charge in [-0.1, -0.05) is 13.8 Å². The molecule has 1 rings (SSSR count). The van der Waals surface area contributed by atoms with Gasteiger partial charge >= 0.3 is 0 Å². The number of amides is 2. The van der Waals surface area contributed by atoms with E-state index in [1.54, 1.807) is 0 Å². The molecule has 1 heterocycles. The van der Waals surface area contributed by atoms with Crippen LogP contribution in [0.4, 0.5) is 0 Å². The summed E-state index contributed by atoms with van der Waals surface area (Å²) in [5.41, 5.74) is 0. The van der Waals surface area contributed by atoms with Gasteiger partial charge < -0.3 is 10.2 Å². The van der Waals surface area contributed by atoms with Gasteiger partial charge in [0.05, 0.1) is 6.07 Å². The molecule has 0 spiro atoms. The first-order valence-electron chi connectivity index (χ1n) is 5.99. The summed E-state index contributed by atoms with van der Waals surface area (Å²) in [6.45, 7) is 5.11. The first kappa shape index (κ1) is 13.5. The second-order valence-electron chi connectivity index (χ2n) is 4.63. The van der Waals surface area contributed by atoms with Crippen LogP contribution in [-0.2, 0) is 9.59 Å². The molecule has 5 nitrogen and oxygen atoms in total. The number of nitrogens with zero attached hydrogens (tertiary/aromatic N) is 2. The summed E-state index contributed by atoms with van der Waals surface area (Å²) in [5.74, 6) is 0.0441. The molecule has 0 saturated carbocycles. The maximum atomic E-state index is 11.7. The van der Waals surface area contributed by atoms with E-state index in [9.17, 15) is 9.59 Å². The maximum Gasteiger partial charge on any atom is 0.225 e. The highest BCUT2D eigenvalue weighted by molar-refractivity contribution is 5.80. The number of nitrogens with one attached hydrogen (secondary N) is 1. The molecule has 1 N–H and O–H groups in total. The zero-order chi connectivity index (χ0) is 12.8. The van der Waals surface area contributed by atoms with Gasteiger partial charge in [-0.05, 0) is 12.8 Å². The van der Waals surface area contributed by atoms with Gasteiger partial charge in [0.1, 0.15) is 6.54 Å². The second-order valence-corrected chi connectivity index (χ2v) is 4.63. The van der Waals surface area contributed by atoms with Crippen LogP contribution in [0.5, 0.6) is 0 Å². The Balaban J connectivity index is 2.38. The minimum atomic E-state index is -0.0665. The number of piperidine rings is 1. The van der Waals surface area contributed by atoms with E-state index in [2.05, 4.69) is 5.32 Å². The van der Waals surface area contributed by atoms with Crippen LogP contribution in [0.25, 0.3) is 0 Å². The van der Waals surface area contributed by atoms with E-state index in [0.29, 0.717) is 25.9 Å². The normalized spacial score (nSPS) is 16.7. The summed E-state index contributed by atoms with van der Waals surface area (Å²) >= 11 is 0. The van der Waals surface area contributed by atoms with E-state index in [4.69, 9.17) is 5.26 Å². The Morgan fingerprint density at radius 3 is 2.47 bits per heavy atom. The van der Waals surface area contributed by atoms with Gasteiger partial charge in [-0.2, -0.15) is 5.26 Å². The quantitative estimate of drug-likeness (QED) is 0.727. The van der Waals surface area contributed by atoms with E-state index in [1.807, 2.05) is 24.8 Å². The monoisotopic (exact) mass is 237 g/mol. The molecule has 0 aromatic carbocycles. The summed E-state index contributed by atoms with van der Waals surface area (Å²) in [6, 6.07) is 1.88. The van der Waals surface area contributed by atoms with Crippen LogP contribution in [0, 0.1) is 23.2 Å². The third kappa shape index (κ3) is 3.74. The minimum absolute atomic E-state index is 0.0129. The van der Waals surface area contributed by atoms with Crippen LogP contribution in [0.3, 0.4) is 0 Å². The van der Waals surface area contributed by atoms with Crippen molar-refractivity contribution in [1.29, 1.82) is 5.26 Å². The van der Waals surface area contributed by atoms with Crippen LogP contribution in [-0.4, -0.2) is 36.3 Å². The molecular weight excluding hydrogens is 218 g/mol. The van der Waals surface area contributed by atoms with E-state index >= 15 is 0 Å². The van der Waals surface area contributed by atoms with E-state index in [0.717, 1.165) is 0 Å². The molecule has 17 heavy (non-hydrogen) atoms. The Morgan fingerprint density at radius 2 is 2.00 bits per heavy atom. The van der Waals surface area contributed by atoms with E-state index < -0.39 is 0 Å². The van der Waals surface area contributed by atoms with Crippen molar-refractivity contribution in [2.75, 3.05) is 19.6 Å². The van der Waals surface area contributed by atoms with E-state index in [-0.39, 0.29) is 30.2 Å². The predicted molar refractivity (Wildman–Crippen MR) is 62.8 cm³/mol. The molecule has 94 valence electrons. The fourth-order valence-electron chi connectivity index (χ4n) is 2.00. The van der Waals surface area contributed by atoms with Crippen molar-refractivity contribution in [2.45, 2.75) is 26.7 Å². The molecule has 0 radical (unpaired) electrons. The highest BCUT2D eigenvalue weighted by atomic mass is 16.2. The Morgan fingerprint density at radius 1 is 1.41 bits per heavy atom. The Labute approximate surface area is 102 Å². The molecule has 5 heteroatoms. The molecule has 0 unspecified atom stereocenters. The van der Waals surface area contributed by atoms with Gasteiger partial charge in [0.15, 0.2) is 0 Å². The van der Waals surface area contributed by atoms with E-state index in [1.165, 1.54) is 0 Å². The molecule has 0 aromatic rings. The van der Waals surface area contributed by atoms with Crippen LogP contribution in [0.2, 0.25) is 0 Å². The number of nitriles is 1. The first-order valence-corrected chi connectivity index (χ1v) is 5.99. The zero-order valence-electron chi connectivity index (χ0n) is 10.4. The van der Waals surface area contributed by atoms with Crippen LogP contribution in [0.15, 0.2) is 0 Å². The number of rotatable bonds is 3. The Bertz CT molecular complexity index is 325. The summed E-state index contributed by atoms with van der Waals surface area (Å²) in [7, 11) is 0. The molecular formula is C12H19N3O2. The van der Waals surface area contributed by atoms with Crippen molar-refractivity contribution in [3.63, 3.8) is 0 Å². The van der Waals surface area contributed by atoms with Gasteiger partial charge in [-0.3, -0.25) is 9.59 Å². The topological polar surface area (TPSA) is 73.2 Å². The van der Waals surface area contributed by atoms with Crippen molar-refractivity contribution in [2.24, 2.45) is 11.8 Å². The van der Waals surface area contributed by atoms with Crippen LogP contribution >= 0.6 is 0 Å². The summed E-state index contributed by atoms with van der Waals surface area (Å²) < 4.78 is 0. The maximum absolute atomic E-state index is 11.7. The van der Waals surface area contributed by atoms with Gasteiger partial charge in [0, 0.05) is 24.9 Å². The molecule has 2 amide bonds. The lowest BCUT2D eigenvalue weighted by Gasteiger charge is -2.32. The number of likely N-dealkylation sites (tertiary alicyclic amines) is 1. The van der Waals surface area contributed by atoms with Crippen LogP contribution in [0.1, 0.15) is 26.7 Å². The minimum Gasteiger partial charge on any atom is -0.343 e. The summed E-state index contributed by atoms with van der Waals surface area (Å²) in [6.07, 6.45) is 1.38. The fraction of sp³-hybridized carbons (Fsp3) is 0.750. The molecule has 1 aliphatic heterocycles. The predicted octanol–water partition coefficient (Wildman–Crippen LogP) is 0.521. The smallest absolute Gasteiger partial charge is 0.225 e. The second kappa shape index (κ2) is 6.24. The third-order valence-corrected chi connectivity index (χ3v) is 3.01. The zero-order valence-corrected chi connectivity index (χ0v) is 10.4. The summed E-state index contributed by atoms with van der Waals surface area (Å²) in [4.78, 5) is 25.1. The van der Waals surface area contributed by atoms with Gasteiger partial charge in [0.2, 0.25) is 11.8 Å². The molecule has 1 saturated heterocycles. The van der Waals surface area contributed by atoms with Crippen molar-refractivity contribution in [3.8, 4) is 6.07 Å². The van der Waals surface area contributed by atoms with Crippen molar-refractivity contribution >= 4 is 11.8 Å². The summed E-state index contributed by atoms with van der Waals surface area (Å²) in [5, 5.41) is 10.9. The van der Waals surface area contributed by atoms with Crippen molar-refractivity contribution < 1.29 is 9.59 Å². The average Bonchev–Trinajstić information content (AvgIpc) is 2.35. The van der Waals surface area contributed by atoms with Gasteiger partial charge in [-0.15, -0.1) is 0 Å². The lowest BCUT2D eigenvalue weighted by atomic mass is 9.95. The fourth-order valence-corrected chi connectivity index (χ4v) is 2.00. The molecule has 0 atom stereocenters. The highest BCUT2D eigenvalue weighted by Gasteiger charge is 2.27. The Kier molecular flexibility index (Phi) is 4.95. The van der Waals surface area contributed by atoms with Crippen LogP contribution < -0.4 is 5.32 Å². The Hall–Kier alpha value is -1.57. The largest absolute Gasteiger partial charge is 0.343 e. The highest BCUT2D eigenvalue weighted by Crippen LogP contribution is 2.18. The van der Waals surface area contributed by atoms with Crippen molar-refractivity contribution in [3.05, 3.63) is 0 Å². The molecule has 0 aliphatic carbocycles. The number of hydrogen-bond acceptors (Lipinski definition) is 3. The van der Waals surface area contributed by atoms with Gasteiger partial charge in [-0.25, -0.2) is 0 Å². The lowest BCUT2D eigenvalue weighted by Crippen LogP contribution is -2.44. The SMILES string of the molecule is CC(C)C(=O)N1CCC(C(=O)NCC#N)CC1. The molecule has 1 aliphatic rings. The average molecular weight is 237 g/mol. The number of carbonyl (C=O) groups is 2. The van der Waals surface area contributed by atoms with Gasteiger partial charge in [0.25, 0.3) is 0 Å². The first-order chi connectivity index (χ1) is 8.06. The third-order valence-electron chi connectivity index (χ3n) is 3.01. The number of hydrogen-bond donors (Lipinski definition) is 1. The standard InChI is InChI=1S/C12H19N3O2/c1-9(2)12(17)15-7-3-10(4-8-15)11(16)14-6-5-13/h9-10H,3-4,6-8H2,1-2H3,(H,14,16). The van der Waals surface area contributed by atoms with Crippen molar-refractivity contribution in [1.82, 2.24) is 10.2 Å². The number of carbonyl (C=O) groups excluding carboxylic acids is 2. The molecule has 0 bridgehead atoms. The molecule has 1 fully saturated rings.